The van der Waals surface area contributed by atoms with E-state index in [2.05, 4.69) is 16.0 Å². The highest BCUT2D eigenvalue weighted by Crippen LogP contribution is 2.38. The number of ether oxygens (including phenoxy) is 1. The van der Waals surface area contributed by atoms with Crippen molar-refractivity contribution in [2.24, 2.45) is 5.92 Å². The molecule has 9 heteroatoms. The van der Waals surface area contributed by atoms with Gasteiger partial charge in [0.15, 0.2) is 0 Å². The highest BCUT2D eigenvalue weighted by Gasteiger charge is 2.40. The monoisotopic (exact) mass is 523 g/mol. The molecule has 1 fully saturated rings. The molecule has 1 aromatic carbocycles. The molecule has 4 rings (SSSR count). The number of halogens is 2. The van der Waals surface area contributed by atoms with E-state index in [9.17, 15) is 4.79 Å². The zero-order valence-electron chi connectivity index (χ0n) is 20.4. The summed E-state index contributed by atoms with van der Waals surface area (Å²) < 4.78 is 6.16. The molecule has 7 nitrogen and oxygen atoms in total. The number of rotatable bonds is 7. The summed E-state index contributed by atoms with van der Waals surface area (Å²) >= 11 is 12.5. The van der Waals surface area contributed by atoms with Gasteiger partial charge in [0.1, 0.15) is 12.2 Å². The van der Waals surface area contributed by atoms with E-state index in [-0.39, 0.29) is 23.8 Å². The second-order valence-electron chi connectivity index (χ2n) is 9.25. The normalized spacial score (nSPS) is 18.2. The highest BCUT2D eigenvalue weighted by molar-refractivity contribution is 6.42. The van der Waals surface area contributed by atoms with Crippen LogP contribution in [0, 0.1) is 17.2 Å². The zero-order valence-corrected chi connectivity index (χ0v) is 21.9. The minimum Gasteiger partial charge on any atom is -0.474 e. The maximum atomic E-state index is 13.4. The summed E-state index contributed by atoms with van der Waals surface area (Å²) in [7, 11) is 3.95. The average Bonchev–Trinajstić information content (AvgIpc) is 3.31. The standard InChI is InChI=1S/C27H27Cl2N5O2/c1-17(36-26-9-4-18(11-30)12-32-26)22-15-34(16-23(22)19-6-8-24(28)25(29)10-19)27(35)20-5-7-21(31-13-20)14-33(2)3/h4-10,12-13,17,22-23H,14-16H2,1-3H3/t17-,22+,23+/m0/s1. The van der Waals surface area contributed by atoms with Crippen LogP contribution in [0.1, 0.15) is 40.0 Å². The fourth-order valence-electron chi connectivity index (χ4n) is 4.51. The van der Waals surface area contributed by atoms with Crippen LogP contribution >= 0.6 is 23.2 Å². The summed E-state index contributed by atoms with van der Waals surface area (Å²) in [6, 6.07) is 14.7. The van der Waals surface area contributed by atoms with Gasteiger partial charge in [0.2, 0.25) is 5.88 Å². The lowest BCUT2D eigenvalue weighted by atomic mass is 9.86. The summed E-state index contributed by atoms with van der Waals surface area (Å²) in [5.74, 6) is 0.317. The summed E-state index contributed by atoms with van der Waals surface area (Å²) in [5, 5.41) is 9.98. The second kappa shape index (κ2) is 11.3. The second-order valence-corrected chi connectivity index (χ2v) is 10.1. The molecule has 1 aliphatic heterocycles. The Morgan fingerprint density at radius 1 is 1.14 bits per heavy atom. The van der Waals surface area contributed by atoms with Gasteiger partial charge in [-0.3, -0.25) is 9.78 Å². The molecule has 1 aliphatic rings. The summed E-state index contributed by atoms with van der Waals surface area (Å²) in [6.45, 7) is 3.69. The quantitative estimate of drug-likeness (QED) is 0.431. The Morgan fingerprint density at radius 3 is 2.56 bits per heavy atom. The van der Waals surface area contributed by atoms with Crippen molar-refractivity contribution in [3.05, 3.63) is 87.3 Å². The Morgan fingerprint density at radius 2 is 1.94 bits per heavy atom. The number of benzene rings is 1. The molecule has 0 N–H and O–H groups in total. The van der Waals surface area contributed by atoms with Crippen molar-refractivity contribution in [1.29, 1.82) is 5.26 Å². The molecular formula is C27H27Cl2N5O2. The number of hydrogen-bond acceptors (Lipinski definition) is 6. The predicted octanol–water partition coefficient (Wildman–Crippen LogP) is 5.04. The molecule has 0 aliphatic carbocycles. The predicted molar refractivity (Wildman–Crippen MR) is 139 cm³/mol. The molecule has 3 aromatic rings. The van der Waals surface area contributed by atoms with E-state index in [0.29, 0.717) is 46.7 Å². The van der Waals surface area contributed by atoms with Crippen molar-refractivity contribution in [3.63, 3.8) is 0 Å². The molecule has 1 amide bonds. The summed E-state index contributed by atoms with van der Waals surface area (Å²) in [4.78, 5) is 26.0. The molecule has 36 heavy (non-hydrogen) atoms. The Balaban J connectivity index is 1.57. The molecule has 186 valence electrons. The van der Waals surface area contributed by atoms with E-state index in [0.717, 1.165) is 11.3 Å². The Labute approximate surface area is 221 Å². The van der Waals surface area contributed by atoms with Crippen LogP contribution in [0.25, 0.3) is 0 Å². The smallest absolute Gasteiger partial charge is 0.255 e. The van der Waals surface area contributed by atoms with Crippen LogP contribution in [0.3, 0.4) is 0 Å². The topological polar surface area (TPSA) is 82.3 Å². The van der Waals surface area contributed by atoms with Gasteiger partial charge in [-0.1, -0.05) is 29.3 Å². The largest absolute Gasteiger partial charge is 0.474 e. The lowest BCUT2D eigenvalue weighted by Gasteiger charge is -2.25. The third-order valence-corrected chi connectivity index (χ3v) is 7.09. The molecule has 0 saturated carbocycles. The van der Waals surface area contributed by atoms with Gasteiger partial charge < -0.3 is 14.5 Å². The number of nitriles is 1. The molecule has 0 spiro atoms. The van der Waals surface area contributed by atoms with Crippen molar-refractivity contribution < 1.29 is 9.53 Å². The number of hydrogen-bond donors (Lipinski definition) is 0. The summed E-state index contributed by atoms with van der Waals surface area (Å²) in [6.07, 6.45) is 2.86. The van der Waals surface area contributed by atoms with Crippen LogP contribution in [0.15, 0.2) is 54.9 Å². The van der Waals surface area contributed by atoms with Gasteiger partial charge in [0.05, 0.1) is 26.9 Å². The first-order chi connectivity index (χ1) is 17.2. The number of aromatic nitrogens is 2. The molecular weight excluding hydrogens is 497 g/mol. The third kappa shape index (κ3) is 5.96. The number of pyridine rings is 2. The van der Waals surface area contributed by atoms with Gasteiger partial charge in [-0.25, -0.2) is 4.98 Å². The van der Waals surface area contributed by atoms with Crippen LogP contribution in [-0.2, 0) is 6.54 Å². The fourth-order valence-corrected chi connectivity index (χ4v) is 4.82. The lowest BCUT2D eigenvalue weighted by molar-refractivity contribution is 0.0769. The van der Waals surface area contributed by atoms with Crippen LogP contribution < -0.4 is 4.74 Å². The maximum Gasteiger partial charge on any atom is 0.255 e. The maximum absolute atomic E-state index is 13.4. The zero-order chi connectivity index (χ0) is 25.8. The Hall–Kier alpha value is -3.18. The number of likely N-dealkylation sites (tertiary alicyclic amines) is 1. The van der Waals surface area contributed by atoms with Crippen LogP contribution in [0.5, 0.6) is 5.88 Å². The first kappa shape index (κ1) is 25.9. The van der Waals surface area contributed by atoms with Gasteiger partial charge in [0, 0.05) is 49.9 Å². The van der Waals surface area contributed by atoms with Crippen molar-refractivity contribution in [2.45, 2.75) is 25.5 Å². The van der Waals surface area contributed by atoms with E-state index in [4.69, 9.17) is 33.2 Å². The van der Waals surface area contributed by atoms with Crippen molar-refractivity contribution in [1.82, 2.24) is 19.8 Å². The number of nitrogens with zero attached hydrogens (tertiary/aromatic N) is 5. The number of carbonyl (C=O) groups is 1. The Kier molecular flexibility index (Phi) is 8.10. The van der Waals surface area contributed by atoms with Crippen molar-refractivity contribution in [3.8, 4) is 11.9 Å². The van der Waals surface area contributed by atoms with Gasteiger partial charge in [0.25, 0.3) is 5.91 Å². The van der Waals surface area contributed by atoms with E-state index in [1.807, 2.05) is 55.1 Å². The molecule has 1 saturated heterocycles. The first-order valence-corrected chi connectivity index (χ1v) is 12.4. The van der Waals surface area contributed by atoms with E-state index in [1.54, 1.807) is 24.4 Å². The molecule has 0 radical (unpaired) electrons. The lowest BCUT2D eigenvalue weighted by Crippen LogP contribution is -2.32. The first-order valence-electron chi connectivity index (χ1n) is 11.6. The van der Waals surface area contributed by atoms with Crippen molar-refractivity contribution >= 4 is 29.1 Å². The average molecular weight is 524 g/mol. The molecule has 0 bridgehead atoms. The van der Waals surface area contributed by atoms with E-state index in [1.165, 1.54) is 6.20 Å². The third-order valence-electron chi connectivity index (χ3n) is 6.35. The Bertz CT molecular complexity index is 1260. The minimum absolute atomic E-state index is 0.0157. The highest BCUT2D eigenvalue weighted by atomic mass is 35.5. The van der Waals surface area contributed by atoms with E-state index >= 15 is 0 Å². The fraction of sp³-hybridized carbons (Fsp3) is 0.333. The number of carbonyl (C=O) groups excluding carboxylic acids is 1. The van der Waals surface area contributed by atoms with E-state index < -0.39 is 0 Å². The minimum atomic E-state index is -0.261. The van der Waals surface area contributed by atoms with Gasteiger partial charge in [-0.05, 0) is 56.9 Å². The molecule has 3 heterocycles. The molecule has 2 aromatic heterocycles. The van der Waals surface area contributed by atoms with Gasteiger partial charge in [-0.2, -0.15) is 5.26 Å². The van der Waals surface area contributed by atoms with Crippen molar-refractivity contribution in [2.75, 3.05) is 27.2 Å². The molecule has 3 atom stereocenters. The van der Waals surface area contributed by atoms with Gasteiger partial charge in [-0.15, -0.1) is 0 Å². The SMILES string of the molecule is C[C@H](Oc1ccc(C#N)cn1)[C@H]1CN(C(=O)c2ccc(CN(C)C)nc2)C[C@@H]1c1ccc(Cl)c(Cl)c1. The number of amides is 1. The van der Waals surface area contributed by atoms with Crippen LogP contribution in [0.2, 0.25) is 10.0 Å². The summed E-state index contributed by atoms with van der Waals surface area (Å²) in [5.41, 5.74) is 2.91. The van der Waals surface area contributed by atoms with Crippen LogP contribution in [0.4, 0.5) is 0 Å². The van der Waals surface area contributed by atoms with Crippen LogP contribution in [-0.4, -0.2) is 59.0 Å². The van der Waals surface area contributed by atoms with Gasteiger partial charge >= 0.3 is 0 Å². The molecule has 0 unspecified atom stereocenters.